The second kappa shape index (κ2) is 6.57. The lowest BCUT2D eigenvalue weighted by Crippen LogP contribution is -2.40. The normalized spacial score (nSPS) is 33.8. The Balaban J connectivity index is 1.32. The Morgan fingerprint density at radius 3 is 3.13 bits per heavy atom. The van der Waals surface area contributed by atoms with Gasteiger partial charge in [0.25, 0.3) is 0 Å². The quantitative estimate of drug-likeness (QED) is 0.848. The molecule has 2 N–H and O–H groups in total. The lowest BCUT2D eigenvalue weighted by Gasteiger charge is -2.32. The van der Waals surface area contributed by atoms with Crippen molar-refractivity contribution >= 4 is 5.91 Å². The maximum atomic E-state index is 12.8. The fraction of sp³-hybridized carbons (Fsp3) is 0.812. The summed E-state index contributed by atoms with van der Waals surface area (Å²) in [6.45, 7) is 2.73. The molecule has 1 aromatic heterocycles. The molecule has 2 saturated heterocycles. The van der Waals surface area contributed by atoms with Crippen LogP contribution >= 0.6 is 0 Å². The minimum atomic E-state index is 0.287. The minimum absolute atomic E-state index is 0.287. The molecule has 1 saturated carbocycles. The van der Waals surface area contributed by atoms with Crippen molar-refractivity contribution < 1.29 is 4.79 Å². The smallest absolute Gasteiger partial charge is 0.223 e. The number of carbonyl (C=O) groups is 1. The van der Waals surface area contributed by atoms with Gasteiger partial charge in [-0.3, -0.25) is 20.3 Å². The van der Waals surface area contributed by atoms with Gasteiger partial charge >= 0.3 is 0 Å². The molecule has 3 heterocycles. The molecule has 0 spiro atoms. The summed E-state index contributed by atoms with van der Waals surface area (Å²) in [5.74, 6) is 1.60. The summed E-state index contributed by atoms with van der Waals surface area (Å²) in [6.07, 6.45) is 10.0. The molecular weight excluding hydrogens is 292 g/mol. The van der Waals surface area contributed by atoms with Gasteiger partial charge in [0.05, 0.1) is 18.8 Å². The molecule has 7 heteroatoms. The van der Waals surface area contributed by atoms with Crippen LogP contribution in [0.4, 0.5) is 0 Å². The summed E-state index contributed by atoms with van der Waals surface area (Å²) in [5.41, 5.74) is 6.62. The average molecular weight is 318 g/mol. The first-order valence-electron chi connectivity index (χ1n) is 8.91. The SMILES string of the molecule is O=C(CC1CCC2NNCC2C1)N1CCC[C@H]1Cn1ccnn1. The Hall–Kier alpha value is -1.47. The molecule has 1 aliphatic carbocycles. The molecule has 3 unspecified atom stereocenters. The molecule has 4 atom stereocenters. The van der Waals surface area contributed by atoms with Crippen molar-refractivity contribution in [1.82, 2.24) is 30.7 Å². The van der Waals surface area contributed by atoms with Gasteiger partial charge in [-0.25, -0.2) is 0 Å². The third-order valence-corrected chi connectivity index (χ3v) is 5.77. The molecule has 3 fully saturated rings. The predicted molar refractivity (Wildman–Crippen MR) is 85.1 cm³/mol. The molecule has 0 bridgehead atoms. The predicted octanol–water partition coefficient (Wildman–Crippen LogP) is 0.552. The van der Waals surface area contributed by atoms with E-state index in [0.29, 0.717) is 23.8 Å². The van der Waals surface area contributed by atoms with E-state index < -0.39 is 0 Å². The summed E-state index contributed by atoms with van der Waals surface area (Å²) in [5, 5.41) is 7.90. The molecule has 3 aliphatic rings. The number of nitrogens with one attached hydrogen (secondary N) is 2. The van der Waals surface area contributed by atoms with Gasteiger partial charge in [-0.15, -0.1) is 5.10 Å². The highest BCUT2D eigenvalue weighted by Crippen LogP contribution is 2.33. The van der Waals surface area contributed by atoms with E-state index in [1.165, 1.54) is 19.3 Å². The summed E-state index contributed by atoms with van der Waals surface area (Å²) < 4.78 is 1.84. The second-order valence-electron chi connectivity index (χ2n) is 7.28. The molecule has 1 amide bonds. The van der Waals surface area contributed by atoms with Crippen molar-refractivity contribution in [2.75, 3.05) is 13.1 Å². The van der Waals surface area contributed by atoms with Gasteiger partial charge in [0.1, 0.15) is 0 Å². The number of rotatable bonds is 4. The average Bonchev–Trinajstić information content (AvgIpc) is 3.28. The van der Waals surface area contributed by atoms with Crippen molar-refractivity contribution in [2.45, 2.75) is 57.2 Å². The van der Waals surface area contributed by atoms with Crippen molar-refractivity contribution in [3.63, 3.8) is 0 Å². The van der Waals surface area contributed by atoms with Gasteiger partial charge in [0, 0.05) is 31.7 Å². The minimum Gasteiger partial charge on any atom is -0.338 e. The number of nitrogens with zero attached hydrogens (tertiary/aromatic N) is 4. The number of hydrazine groups is 1. The number of aromatic nitrogens is 3. The van der Waals surface area contributed by atoms with Crippen molar-refractivity contribution in [3.8, 4) is 0 Å². The Morgan fingerprint density at radius 1 is 1.30 bits per heavy atom. The van der Waals surface area contributed by atoms with Crippen molar-refractivity contribution in [3.05, 3.63) is 12.4 Å². The Kier molecular flexibility index (Phi) is 4.31. The standard InChI is InChI=1S/C16H26N6O/c23-16(9-12-3-4-15-13(8-12)10-18-19-15)22-6-1-2-14(22)11-21-7-5-17-20-21/h5,7,12-15,18-19H,1-4,6,8-11H2/t12?,13?,14-,15?/m0/s1. The summed E-state index contributed by atoms with van der Waals surface area (Å²) in [6, 6.07) is 0.906. The first-order valence-corrected chi connectivity index (χ1v) is 8.91. The highest BCUT2D eigenvalue weighted by Gasteiger charge is 2.36. The van der Waals surface area contributed by atoms with Crippen LogP contribution in [0.15, 0.2) is 12.4 Å². The number of hydrogen-bond donors (Lipinski definition) is 2. The number of carbonyl (C=O) groups excluding carboxylic acids is 1. The molecular formula is C16H26N6O. The van der Waals surface area contributed by atoms with E-state index >= 15 is 0 Å². The fourth-order valence-electron chi connectivity index (χ4n) is 4.55. The van der Waals surface area contributed by atoms with Crippen LogP contribution in [-0.2, 0) is 11.3 Å². The summed E-state index contributed by atoms with van der Waals surface area (Å²) >= 11 is 0. The van der Waals surface area contributed by atoms with Crippen molar-refractivity contribution in [1.29, 1.82) is 0 Å². The maximum Gasteiger partial charge on any atom is 0.223 e. The highest BCUT2D eigenvalue weighted by atomic mass is 16.2. The summed E-state index contributed by atoms with van der Waals surface area (Å²) in [7, 11) is 0. The van der Waals surface area contributed by atoms with E-state index in [1.807, 2.05) is 10.9 Å². The summed E-state index contributed by atoms with van der Waals surface area (Å²) in [4.78, 5) is 14.9. The van der Waals surface area contributed by atoms with Gasteiger partial charge in [-0.2, -0.15) is 0 Å². The van der Waals surface area contributed by atoms with Crippen LogP contribution in [0.3, 0.4) is 0 Å². The van der Waals surface area contributed by atoms with Crippen LogP contribution in [0, 0.1) is 11.8 Å². The van der Waals surface area contributed by atoms with E-state index in [4.69, 9.17) is 0 Å². The Bertz CT molecular complexity index is 533. The fourth-order valence-corrected chi connectivity index (χ4v) is 4.55. The Labute approximate surface area is 136 Å². The molecule has 23 heavy (non-hydrogen) atoms. The van der Waals surface area contributed by atoms with Crippen LogP contribution in [0.2, 0.25) is 0 Å². The van der Waals surface area contributed by atoms with E-state index in [2.05, 4.69) is 26.1 Å². The van der Waals surface area contributed by atoms with Crippen LogP contribution in [-0.4, -0.2) is 51.0 Å². The molecule has 0 aromatic carbocycles. The topological polar surface area (TPSA) is 75.1 Å². The number of likely N-dealkylation sites (tertiary alicyclic amines) is 1. The van der Waals surface area contributed by atoms with Crippen LogP contribution in [0.25, 0.3) is 0 Å². The monoisotopic (exact) mass is 318 g/mol. The number of hydrogen-bond acceptors (Lipinski definition) is 5. The molecule has 4 rings (SSSR count). The molecule has 0 radical (unpaired) electrons. The van der Waals surface area contributed by atoms with Gasteiger partial charge in [-0.1, -0.05) is 5.21 Å². The van der Waals surface area contributed by atoms with Crippen LogP contribution in [0.1, 0.15) is 38.5 Å². The molecule has 126 valence electrons. The third kappa shape index (κ3) is 3.26. The second-order valence-corrected chi connectivity index (χ2v) is 7.28. The van der Waals surface area contributed by atoms with Crippen LogP contribution < -0.4 is 10.9 Å². The molecule has 1 aromatic rings. The van der Waals surface area contributed by atoms with E-state index in [1.54, 1.807) is 6.20 Å². The van der Waals surface area contributed by atoms with Gasteiger partial charge in [0.2, 0.25) is 5.91 Å². The zero-order valence-corrected chi connectivity index (χ0v) is 13.5. The first kappa shape index (κ1) is 15.1. The van der Waals surface area contributed by atoms with Gasteiger partial charge < -0.3 is 4.90 Å². The maximum absolute atomic E-state index is 12.8. The van der Waals surface area contributed by atoms with Gasteiger partial charge in [0.15, 0.2) is 0 Å². The van der Waals surface area contributed by atoms with Crippen LogP contribution in [0.5, 0.6) is 0 Å². The largest absolute Gasteiger partial charge is 0.338 e. The van der Waals surface area contributed by atoms with E-state index in [0.717, 1.165) is 38.9 Å². The first-order chi connectivity index (χ1) is 11.3. The zero-order valence-electron chi connectivity index (χ0n) is 13.5. The number of fused-ring (bicyclic) bond motifs is 1. The van der Waals surface area contributed by atoms with E-state index in [9.17, 15) is 4.79 Å². The Morgan fingerprint density at radius 2 is 2.26 bits per heavy atom. The molecule has 2 aliphatic heterocycles. The number of amides is 1. The van der Waals surface area contributed by atoms with Gasteiger partial charge in [-0.05, 0) is 43.9 Å². The lowest BCUT2D eigenvalue weighted by atomic mass is 9.77. The zero-order chi connectivity index (χ0) is 15.6. The highest BCUT2D eigenvalue weighted by molar-refractivity contribution is 5.77. The lowest BCUT2D eigenvalue weighted by molar-refractivity contribution is -0.133. The molecule has 7 nitrogen and oxygen atoms in total. The third-order valence-electron chi connectivity index (χ3n) is 5.77. The van der Waals surface area contributed by atoms with Crippen molar-refractivity contribution in [2.24, 2.45) is 11.8 Å². The van der Waals surface area contributed by atoms with E-state index in [-0.39, 0.29) is 6.04 Å².